The fourth-order valence-corrected chi connectivity index (χ4v) is 1.11. The monoisotopic (exact) mass is 164 g/mol. The van der Waals surface area contributed by atoms with E-state index in [4.69, 9.17) is 0 Å². The van der Waals surface area contributed by atoms with Crippen molar-refractivity contribution in [3.05, 3.63) is 23.8 Å². The van der Waals surface area contributed by atoms with Gasteiger partial charge in [0.25, 0.3) is 0 Å². The zero-order valence-corrected chi connectivity index (χ0v) is 7.55. The summed E-state index contributed by atoms with van der Waals surface area (Å²) in [4.78, 5) is 22.3. The second kappa shape index (κ2) is 2.70. The summed E-state index contributed by atoms with van der Waals surface area (Å²) in [5.41, 5.74) is 0.354. The van der Waals surface area contributed by atoms with Crippen LogP contribution in [0.2, 0.25) is 0 Å². The SMILES string of the molecule is CC(C)(C)C1=CC=CC(=O)C1=O. The molecular formula is C10H12O2. The second-order valence-corrected chi connectivity index (χ2v) is 3.88. The maximum atomic E-state index is 11.3. The Morgan fingerprint density at radius 3 is 2.17 bits per heavy atom. The minimum absolute atomic E-state index is 0.239. The van der Waals surface area contributed by atoms with E-state index >= 15 is 0 Å². The Kier molecular flexibility index (Phi) is 2.01. The minimum atomic E-state index is -0.414. The zero-order valence-electron chi connectivity index (χ0n) is 7.55. The predicted molar refractivity (Wildman–Crippen MR) is 46.7 cm³/mol. The molecule has 12 heavy (non-hydrogen) atoms. The molecule has 0 radical (unpaired) electrons. The van der Waals surface area contributed by atoms with Crippen LogP contribution in [0.1, 0.15) is 20.8 Å². The average molecular weight is 164 g/mol. The van der Waals surface area contributed by atoms with Gasteiger partial charge in [0.05, 0.1) is 0 Å². The topological polar surface area (TPSA) is 34.1 Å². The van der Waals surface area contributed by atoms with Gasteiger partial charge in [-0.2, -0.15) is 0 Å². The summed E-state index contributed by atoms with van der Waals surface area (Å²) in [6.07, 6.45) is 4.64. The molecule has 0 N–H and O–H groups in total. The first-order chi connectivity index (χ1) is 5.43. The van der Waals surface area contributed by atoms with Gasteiger partial charge in [-0.3, -0.25) is 9.59 Å². The lowest BCUT2D eigenvalue weighted by Crippen LogP contribution is -2.25. The van der Waals surface area contributed by atoms with Gasteiger partial charge in [-0.05, 0) is 11.5 Å². The summed E-state index contributed by atoms with van der Waals surface area (Å²) in [5, 5.41) is 0. The molecule has 0 aromatic heterocycles. The van der Waals surface area contributed by atoms with Gasteiger partial charge in [0.15, 0.2) is 0 Å². The summed E-state index contributed by atoms with van der Waals surface area (Å²) >= 11 is 0. The molecule has 0 fully saturated rings. The molecular weight excluding hydrogens is 152 g/mol. The van der Waals surface area contributed by atoms with Crippen molar-refractivity contribution in [1.29, 1.82) is 0 Å². The van der Waals surface area contributed by atoms with Crippen molar-refractivity contribution in [2.24, 2.45) is 5.41 Å². The summed E-state index contributed by atoms with van der Waals surface area (Å²) in [7, 11) is 0. The standard InChI is InChI=1S/C10H12O2/c1-10(2,3)7-5-4-6-8(11)9(7)12/h4-6H,1-3H3. The molecule has 0 unspecified atom stereocenters. The molecule has 0 aliphatic heterocycles. The lowest BCUT2D eigenvalue weighted by Gasteiger charge is -2.21. The van der Waals surface area contributed by atoms with Crippen LogP contribution in [0.4, 0.5) is 0 Å². The number of carbonyl (C=O) groups excluding carboxylic acids is 2. The lowest BCUT2D eigenvalue weighted by atomic mass is 9.81. The van der Waals surface area contributed by atoms with Crippen molar-refractivity contribution in [3.8, 4) is 0 Å². The first-order valence-corrected chi connectivity index (χ1v) is 3.90. The van der Waals surface area contributed by atoms with Crippen molar-refractivity contribution in [1.82, 2.24) is 0 Å². The summed E-state index contributed by atoms with van der Waals surface area (Å²) in [5.74, 6) is -0.785. The quantitative estimate of drug-likeness (QED) is 0.403. The van der Waals surface area contributed by atoms with Gasteiger partial charge < -0.3 is 0 Å². The second-order valence-electron chi connectivity index (χ2n) is 3.88. The highest BCUT2D eigenvalue weighted by molar-refractivity contribution is 6.48. The van der Waals surface area contributed by atoms with Crippen LogP contribution in [-0.2, 0) is 9.59 Å². The Hall–Kier alpha value is -1.18. The Labute approximate surface area is 72.0 Å². The molecule has 1 aliphatic rings. The van der Waals surface area contributed by atoms with E-state index in [9.17, 15) is 9.59 Å². The third-order valence-electron chi connectivity index (χ3n) is 1.79. The molecule has 1 rings (SSSR count). The van der Waals surface area contributed by atoms with Gasteiger partial charge in [0, 0.05) is 5.57 Å². The van der Waals surface area contributed by atoms with Crippen molar-refractivity contribution < 1.29 is 9.59 Å². The average Bonchev–Trinajstić information content (AvgIpc) is 1.92. The normalized spacial score (nSPS) is 18.1. The van der Waals surface area contributed by atoms with Gasteiger partial charge in [-0.25, -0.2) is 0 Å². The summed E-state index contributed by atoms with van der Waals surface area (Å²) in [6, 6.07) is 0. The van der Waals surface area contributed by atoms with E-state index in [2.05, 4.69) is 0 Å². The lowest BCUT2D eigenvalue weighted by molar-refractivity contribution is -0.132. The Bertz CT molecular complexity index is 287. The summed E-state index contributed by atoms with van der Waals surface area (Å²) in [6.45, 7) is 5.76. The molecule has 2 heteroatoms. The van der Waals surface area contributed by atoms with Crippen molar-refractivity contribution >= 4 is 11.6 Å². The molecule has 0 aromatic carbocycles. The van der Waals surface area contributed by atoms with Gasteiger partial charge in [0.1, 0.15) is 0 Å². The molecule has 0 aromatic rings. The maximum absolute atomic E-state index is 11.3. The van der Waals surface area contributed by atoms with Crippen LogP contribution in [0.25, 0.3) is 0 Å². The van der Waals surface area contributed by atoms with E-state index in [1.807, 2.05) is 20.8 Å². The molecule has 1 aliphatic carbocycles. The van der Waals surface area contributed by atoms with Crippen LogP contribution in [0.5, 0.6) is 0 Å². The Morgan fingerprint density at radius 1 is 1.17 bits per heavy atom. The first kappa shape index (κ1) is 8.91. The van der Waals surface area contributed by atoms with E-state index < -0.39 is 5.78 Å². The number of Topliss-reactive ketones (excluding diaryl/α,β-unsaturated/α-hetero) is 1. The molecule has 0 saturated heterocycles. The van der Waals surface area contributed by atoms with E-state index in [-0.39, 0.29) is 11.2 Å². The number of hydrogen-bond donors (Lipinski definition) is 0. The molecule has 0 bridgehead atoms. The van der Waals surface area contributed by atoms with Crippen LogP contribution >= 0.6 is 0 Å². The Morgan fingerprint density at radius 2 is 1.75 bits per heavy atom. The van der Waals surface area contributed by atoms with Crippen LogP contribution in [0.15, 0.2) is 23.8 Å². The largest absolute Gasteiger partial charge is 0.286 e. The van der Waals surface area contributed by atoms with Crippen LogP contribution in [-0.4, -0.2) is 11.6 Å². The van der Waals surface area contributed by atoms with Crippen LogP contribution in [0.3, 0.4) is 0 Å². The third-order valence-corrected chi connectivity index (χ3v) is 1.79. The van der Waals surface area contributed by atoms with Gasteiger partial charge in [-0.15, -0.1) is 0 Å². The smallest absolute Gasteiger partial charge is 0.229 e. The zero-order chi connectivity index (χ0) is 9.35. The first-order valence-electron chi connectivity index (χ1n) is 3.90. The number of carbonyl (C=O) groups is 2. The van der Waals surface area contributed by atoms with E-state index in [0.717, 1.165) is 0 Å². The van der Waals surface area contributed by atoms with E-state index in [1.165, 1.54) is 6.08 Å². The minimum Gasteiger partial charge on any atom is -0.286 e. The molecule has 0 saturated carbocycles. The van der Waals surface area contributed by atoms with Gasteiger partial charge in [-0.1, -0.05) is 32.9 Å². The van der Waals surface area contributed by atoms with Crippen LogP contribution in [0, 0.1) is 5.41 Å². The molecule has 0 atom stereocenters. The molecule has 64 valence electrons. The highest BCUT2D eigenvalue weighted by Crippen LogP contribution is 2.27. The number of allylic oxidation sites excluding steroid dienone is 4. The van der Waals surface area contributed by atoms with Gasteiger partial charge >= 0.3 is 0 Å². The van der Waals surface area contributed by atoms with Crippen molar-refractivity contribution in [2.45, 2.75) is 20.8 Å². The van der Waals surface area contributed by atoms with Gasteiger partial charge in [0.2, 0.25) is 11.6 Å². The van der Waals surface area contributed by atoms with Crippen molar-refractivity contribution in [2.75, 3.05) is 0 Å². The number of hydrogen-bond acceptors (Lipinski definition) is 2. The Balaban J connectivity index is 3.07. The maximum Gasteiger partial charge on any atom is 0.229 e. The number of ketones is 2. The number of rotatable bonds is 0. The van der Waals surface area contributed by atoms with Crippen LogP contribution < -0.4 is 0 Å². The van der Waals surface area contributed by atoms with E-state index in [0.29, 0.717) is 5.57 Å². The molecule has 2 nitrogen and oxygen atoms in total. The van der Waals surface area contributed by atoms with E-state index in [1.54, 1.807) is 12.2 Å². The fourth-order valence-electron chi connectivity index (χ4n) is 1.11. The predicted octanol–water partition coefficient (Wildman–Crippen LogP) is 1.67. The fraction of sp³-hybridized carbons (Fsp3) is 0.400. The molecule has 0 heterocycles. The molecule has 0 amide bonds. The highest BCUT2D eigenvalue weighted by atomic mass is 16.2. The summed E-state index contributed by atoms with van der Waals surface area (Å²) < 4.78 is 0. The van der Waals surface area contributed by atoms with Crippen molar-refractivity contribution in [3.63, 3.8) is 0 Å². The molecule has 0 spiro atoms. The third kappa shape index (κ3) is 1.52. The highest BCUT2D eigenvalue weighted by Gasteiger charge is 2.28.